The summed E-state index contributed by atoms with van der Waals surface area (Å²) in [5.74, 6) is 1.38. The number of hydrogen-bond donors (Lipinski definition) is 2. The number of piperidine rings is 3. The van der Waals surface area contributed by atoms with Crippen molar-refractivity contribution in [2.24, 2.45) is 5.92 Å². The standard InChI is InChI=1S/C35H45N3O7/c1-3-42-32(43-4-2)14-9-19-36-34(39)31-16-15-29(45-31)24-44-28-13-8-12-27(22-28)33(26-10-6-5-7-11-26)38(35(40)41)30-23-37-20-17-25(30)18-21-37/h5-8,10-13,15-16,22,25,30,32-33H,3-4,9,14,17-21,23-24H2,1-2H3,(H,36,39)(H,40,41)/t30-,33?/m0/s1. The Hall–Kier alpha value is -3.86. The van der Waals surface area contributed by atoms with Crippen molar-refractivity contribution in [2.75, 3.05) is 39.4 Å². The second-order valence-electron chi connectivity index (χ2n) is 11.6. The molecule has 2 N–H and O–H groups in total. The minimum absolute atomic E-state index is 0.0803. The van der Waals surface area contributed by atoms with Gasteiger partial charge in [-0.1, -0.05) is 42.5 Å². The molecule has 10 nitrogen and oxygen atoms in total. The average molecular weight is 620 g/mol. The summed E-state index contributed by atoms with van der Waals surface area (Å²) in [5, 5.41) is 13.4. The van der Waals surface area contributed by atoms with Crippen molar-refractivity contribution in [3.63, 3.8) is 0 Å². The summed E-state index contributed by atoms with van der Waals surface area (Å²) in [7, 11) is 0. The van der Waals surface area contributed by atoms with E-state index in [-0.39, 0.29) is 30.6 Å². The number of fused-ring (bicyclic) bond motifs is 3. The molecule has 3 aliphatic rings. The van der Waals surface area contributed by atoms with Gasteiger partial charge in [0, 0.05) is 32.7 Å². The van der Waals surface area contributed by atoms with Gasteiger partial charge in [0.2, 0.25) is 0 Å². The van der Waals surface area contributed by atoms with Gasteiger partial charge in [-0.2, -0.15) is 0 Å². The van der Waals surface area contributed by atoms with Gasteiger partial charge >= 0.3 is 6.09 Å². The first-order chi connectivity index (χ1) is 22.0. The number of benzene rings is 2. The Bertz CT molecular complexity index is 1370. The SMILES string of the molecule is CCOC(CCCNC(=O)c1ccc(COc2cccc(C(c3ccccc3)N(C(=O)O)[C@H]3CN4CCC3CC4)c2)o1)OCC. The summed E-state index contributed by atoms with van der Waals surface area (Å²) in [6.45, 7) is 8.43. The number of ether oxygens (including phenoxy) is 3. The molecular formula is C35H45N3O7. The first-order valence-electron chi connectivity index (χ1n) is 16.1. The summed E-state index contributed by atoms with van der Waals surface area (Å²) in [6.07, 6.45) is 2.26. The summed E-state index contributed by atoms with van der Waals surface area (Å²) < 4.78 is 23.0. The number of furan rings is 1. The van der Waals surface area contributed by atoms with Crippen LogP contribution in [-0.2, 0) is 16.1 Å². The van der Waals surface area contributed by atoms with Crippen LogP contribution in [0.25, 0.3) is 0 Å². The number of carboxylic acid groups (broad SMARTS) is 1. The highest BCUT2D eigenvalue weighted by Crippen LogP contribution is 2.39. The number of rotatable bonds is 16. The monoisotopic (exact) mass is 619 g/mol. The third-order valence-electron chi connectivity index (χ3n) is 8.64. The fourth-order valence-corrected chi connectivity index (χ4v) is 6.49. The molecule has 4 heterocycles. The van der Waals surface area contributed by atoms with Gasteiger partial charge in [-0.05, 0) is 87.5 Å². The van der Waals surface area contributed by atoms with E-state index in [1.807, 2.05) is 68.4 Å². The van der Waals surface area contributed by atoms with Crippen molar-refractivity contribution in [3.05, 3.63) is 89.4 Å². The Morgan fingerprint density at radius 2 is 1.73 bits per heavy atom. The molecule has 2 bridgehead atoms. The van der Waals surface area contributed by atoms with E-state index in [1.165, 1.54) is 0 Å². The maximum atomic E-state index is 12.9. The van der Waals surface area contributed by atoms with E-state index in [2.05, 4.69) is 10.2 Å². The Balaban J connectivity index is 1.23. The molecule has 0 saturated carbocycles. The highest BCUT2D eigenvalue weighted by molar-refractivity contribution is 5.91. The maximum Gasteiger partial charge on any atom is 0.408 e. The van der Waals surface area contributed by atoms with Crippen molar-refractivity contribution < 1.29 is 33.3 Å². The van der Waals surface area contributed by atoms with Crippen molar-refractivity contribution in [1.82, 2.24) is 15.1 Å². The molecule has 10 heteroatoms. The fraction of sp³-hybridized carbons (Fsp3) is 0.486. The zero-order valence-corrected chi connectivity index (χ0v) is 26.2. The predicted molar refractivity (Wildman–Crippen MR) is 169 cm³/mol. The van der Waals surface area contributed by atoms with Crippen molar-refractivity contribution in [1.29, 1.82) is 0 Å². The molecule has 3 aromatic rings. The highest BCUT2D eigenvalue weighted by atomic mass is 16.7. The van der Waals surface area contributed by atoms with Crippen LogP contribution in [0.1, 0.15) is 73.0 Å². The lowest BCUT2D eigenvalue weighted by Gasteiger charge is -2.50. The average Bonchev–Trinajstić information content (AvgIpc) is 3.55. The first kappa shape index (κ1) is 32.5. The Kier molecular flexibility index (Phi) is 11.5. The van der Waals surface area contributed by atoms with Crippen LogP contribution in [0.5, 0.6) is 5.75 Å². The first-order valence-corrected chi connectivity index (χ1v) is 16.1. The minimum atomic E-state index is -0.918. The van der Waals surface area contributed by atoms with Crippen LogP contribution < -0.4 is 10.1 Å². The van der Waals surface area contributed by atoms with E-state index in [0.717, 1.165) is 43.6 Å². The van der Waals surface area contributed by atoms with Crippen LogP contribution in [-0.4, -0.2) is 78.6 Å². The fourth-order valence-electron chi connectivity index (χ4n) is 6.49. The van der Waals surface area contributed by atoms with E-state index >= 15 is 0 Å². The van der Waals surface area contributed by atoms with E-state index in [0.29, 0.717) is 50.0 Å². The molecule has 3 saturated heterocycles. The summed E-state index contributed by atoms with van der Waals surface area (Å²) >= 11 is 0. The topological polar surface area (TPSA) is 114 Å². The van der Waals surface area contributed by atoms with Crippen molar-refractivity contribution >= 4 is 12.0 Å². The molecule has 1 unspecified atom stereocenters. The van der Waals surface area contributed by atoms with E-state index in [9.17, 15) is 14.7 Å². The molecule has 2 atom stereocenters. The Morgan fingerprint density at radius 3 is 2.40 bits per heavy atom. The zero-order valence-electron chi connectivity index (χ0n) is 26.2. The lowest BCUT2D eigenvalue weighted by molar-refractivity contribution is -0.139. The third kappa shape index (κ3) is 8.45. The van der Waals surface area contributed by atoms with Gasteiger partial charge in [-0.15, -0.1) is 0 Å². The number of amides is 2. The minimum Gasteiger partial charge on any atom is -0.486 e. The molecular weight excluding hydrogens is 574 g/mol. The van der Waals surface area contributed by atoms with Gasteiger partial charge in [0.15, 0.2) is 12.1 Å². The van der Waals surface area contributed by atoms with Crippen LogP contribution in [0.4, 0.5) is 4.79 Å². The Morgan fingerprint density at radius 1 is 1.00 bits per heavy atom. The normalized spacial score (nSPS) is 19.8. The number of hydrogen-bond acceptors (Lipinski definition) is 7. The highest BCUT2D eigenvalue weighted by Gasteiger charge is 2.43. The number of carbonyl (C=O) groups excluding carboxylic acids is 1. The van der Waals surface area contributed by atoms with Gasteiger partial charge < -0.3 is 34.0 Å². The molecule has 3 aliphatic heterocycles. The molecule has 242 valence electrons. The second-order valence-corrected chi connectivity index (χ2v) is 11.6. The molecule has 1 aromatic heterocycles. The van der Waals surface area contributed by atoms with Crippen LogP contribution >= 0.6 is 0 Å². The maximum absolute atomic E-state index is 12.9. The second kappa shape index (κ2) is 15.9. The van der Waals surface area contributed by atoms with Crippen molar-refractivity contribution in [3.8, 4) is 5.75 Å². The lowest BCUT2D eigenvalue weighted by Crippen LogP contribution is -2.59. The van der Waals surface area contributed by atoms with Crippen LogP contribution in [0.3, 0.4) is 0 Å². The van der Waals surface area contributed by atoms with E-state index < -0.39 is 12.1 Å². The van der Waals surface area contributed by atoms with Crippen LogP contribution in [0, 0.1) is 5.92 Å². The molecule has 0 spiro atoms. The van der Waals surface area contributed by atoms with Gasteiger partial charge in [-0.25, -0.2) is 4.79 Å². The van der Waals surface area contributed by atoms with Crippen LogP contribution in [0.15, 0.2) is 71.1 Å². The summed E-state index contributed by atoms with van der Waals surface area (Å²) in [6, 6.07) is 20.2. The van der Waals surface area contributed by atoms with E-state index in [1.54, 1.807) is 17.0 Å². The largest absolute Gasteiger partial charge is 0.486 e. The molecule has 0 aliphatic carbocycles. The summed E-state index contributed by atoms with van der Waals surface area (Å²) in [4.78, 5) is 29.6. The lowest BCUT2D eigenvalue weighted by atomic mass is 9.81. The third-order valence-corrected chi connectivity index (χ3v) is 8.64. The summed E-state index contributed by atoms with van der Waals surface area (Å²) in [5.41, 5.74) is 1.76. The van der Waals surface area contributed by atoms with E-state index in [4.69, 9.17) is 18.6 Å². The molecule has 45 heavy (non-hydrogen) atoms. The molecule has 2 amide bonds. The zero-order chi connectivity index (χ0) is 31.6. The van der Waals surface area contributed by atoms with Gasteiger partial charge in [-0.3, -0.25) is 9.69 Å². The predicted octanol–water partition coefficient (Wildman–Crippen LogP) is 5.93. The number of nitrogens with zero attached hydrogens (tertiary/aromatic N) is 2. The molecule has 0 radical (unpaired) electrons. The number of carbonyl (C=O) groups is 2. The van der Waals surface area contributed by atoms with Gasteiger partial charge in [0.25, 0.3) is 5.91 Å². The van der Waals surface area contributed by atoms with Gasteiger partial charge in [0.05, 0.1) is 12.1 Å². The molecule has 2 aromatic carbocycles. The van der Waals surface area contributed by atoms with Gasteiger partial charge in [0.1, 0.15) is 18.1 Å². The van der Waals surface area contributed by atoms with Crippen LogP contribution in [0.2, 0.25) is 0 Å². The quantitative estimate of drug-likeness (QED) is 0.150. The number of nitrogens with one attached hydrogen (secondary N) is 1. The van der Waals surface area contributed by atoms with Crippen molar-refractivity contribution in [2.45, 2.75) is 64.5 Å². The smallest absolute Gasteiger partial charge is 0.408 e. The molecule has 6 rings (SSSR count). The molecule has 3 fully saturated rings. The Labute approximate surface area is 265 Å².